The molecule has 0 aromatic carbocycles. The summed E-state index contributed by atoms with van der Waals surface area (Å²) in [6.07, 6.45) is 12.7. The van der Waals surface area contributed by atoms with Gasteiger partial charge in [-0.15, -0.1) is 13.2 Å². The zero-order valence-electron chi connectivity index (χ0n) is 17.8. The number of allylic oxidation sites excluding steroid dienone is 2. The molecule has 164 valence electrons. The molecular weight excluding hydrogens is 368 g/mol. The Morgan fingerprint density at radius 2 is 0.793 bits per heavy atom. The van der Waals surface area contributed by atoms with E-state index >= 15 is 0 Å². The zero-order chi connectivity index (χ0) is 21.8. The van der Waals surface area contributed by atoms with Gasteiger partial charge >= 0.3 is 0 Å². The Hall–Kier alpha value is -2.40. The van der Waals surface area contributed by atoms with Gasteiger partial charge in [0.2, 0.25) is 0 Å². The summed E-state index contributed by atoms with van der Waals surface area (Å²) in [5, 5.41) is 0. The van der Waals surface area contributed by atoms with Crippen molar-refractivity contribution in [2.45, 2.75) is 25.7 Å². The van der Waals surface area contributed by atoms with Gasteiger partial charge in [-0.2, -0.15) is 0 Å². The van der Waals surface area contributed by atoms with E-state index in [2.05, 4.69) is 39.5 Å². The highest BCUT2D eigenvalue weighted by molar-refractivity contribution is 4.87. The van der Waals surface area contributed by atoms with Crippen LogP contribution in [0.15, 0.2) is 76.7 Å². The molecule has 0 aliphatic carbocycles. The maximum Gasteiger partial charge on any atom is 0.0984 e. The Bertz CT molecular complexity index is 391. The van der Waals surface area contributed by atoms with Gasteiger partial charge in [-0.1, -0.05) is 38.5 Å². The monoisotopic (exact) mass is 406 g/mol. The third-order valence-electron chi connectivity index (χ3n) is 4.60. The fourth-order valence-corrected chi connectivity index (χ4v) is 2.93. The van der Waals surface area contributed by atoms with Crippen molar-refractivity contribution in [1.29, 1.82) is 0 Å². The van der Waals surface area contributed by atoms with Gasteiger partial charge in [0.05, 0.1) is 75.5 Å². The van der Waals surface area contributed by atoms with Gasteiger partial charge in [-0.25, -0.2) is 0 Å². The molecule has 29 heavy (non-hydrogen) atoms. The lowest BCUT2D eigenvalue weighted by Gasteiger charge is -2.36. The van der Waals surface area contributed by atoms with Crippen molar-refractivity contribution >= 4 is 0 Å². The van der Waals surface area contributed by atoms with Gasteiger partial charge in [0.1, 0.15) is 0 Å². The van der Waals surface area contributed by atoms with Gasteiger partial charge < -0.3 is 23.7 Å². The van der Waals surface area contributed by atoms with E-state index in [0.717, 1.165) is 25.7 Å². The average molecular weight is 407 g/mol. The van der Waals surface area contributed by atoms with Gasteiger partial charge in [0.25, 0.3) is 0 Å². The molecule has 5 heteroatoms. The van der Waals surface area contributed by atoms with E-state index in [1.165, 1.54) is 25.0 Å². The van der Waals surface area contributed by atoms with Crippen molar-refractivity contribution in [1.82, 2.24) is 0 Å². The minimum atomic E-state index is -0.362. The van der Waals surface area contributed by atoms with E-state index in [-0.39, 0.29) is 10.8 Å². The van der Waals surface area contributed by atoms with E-state index in [1.807, 2.05) is 12.2 Å². The number of rotatable bonds is 22. The molecular formula is C24H38O5. The molecule has 0 N–H and O–H groups in total. The van der Waals surface area contributed by atoms with Crippen LogP contribution in [0.2, 0.25) is 0 Å². The predicted octanol–water partition coefficient (Wildman–Crippen LogP) is 5.55. The van der Waals surface area contributed by atoms with Crippen molar-refractivity contribution in [2.24, 2.45) is 10.8 Å². The third kappa shape index (κ3) is 11.3. The lowest BCUT2D eigenvalue weighted by atomic mass is 9.84. The first-order chi connectivity index (χ1) is 14.1. The van der Waals surface area contributed by atoms with E-state index < -0.39 is 0 Å². The molecule has 0 rings (SSSR count). The Kier molecular flexibility index (Phi) is 15.2. The van der Waals surface area contributed by atoms with Crippen LogP contribution >= 0.6 is 0 Å². The fourth-order valence-electron chi connectivity index (χ4n) is 2.93. The van der Waals surface area contributed by atoms with E-state index in [0.29, 0.717) is 39.6 Å². The summed E-state index contributed by atoms with van der Waals surface area (Å²) in [7, 11) is 0. The van der Waals surface area contributed by atoms with Crippen LogP contribution in [-0.4, -0.2) is 39.6 Å². The predicted molar refractivity (Wildman–Crippen MR) is 119 cm³/mol. The molecule has 0 aromatic heterocycles. The molecule has 0 saturated carbocycles. The van der Waals surface area contributed by atoms with Crippen LogP contribution in [0.4, 0.5) is 0 Å². The van der Waals surface area contributed by atoms with Gasteiger partial charge in [0, 0.05) is 0 Å². The van der Waals surface area contributed by atoms with E-state index in [1.54, 1.807) is 0 Å². The molecule has 0 saturated heterocycles. The first-order valence-corrected chi connectivity index (χ1v) is 9.77. The lowest BCUT2D eigenvalue weighted by molar-refractivity contribution is -0.0853. The normalized spacial score (nSPS) is 11.0. The molecule has 5 nitrogen and oxygen atoms in total. The molecule has 0 unspecified atom stereocenters. The quantitative estimate of drug-likeness (QED) is 0.174. The fraction of sp³-hybridized carbons (Fsp3) is 0.500. The summed E-state index contributed by atoms with van der Waals surface area (Å²) in [5.74, 6) is 0. The van der Waals surface area contributed by atoms with Crippen LogP contribution in [0, 0.1) is 10.8 Å². The summed E-state index contributed by atoms with van der Waals surface area (Å²) in [5.41, 5.74) is -0.724. The third-order valence-corrected chi connectivity index (χ3v) is 4.60. The maximum absolute atomic E-state index is 6.22. The van der Waals surface area contributed by atoms with E-state index in [4.69, 9.17) is 23.7 Å². The number of hydrogen-bond acceptors (Lipinski definition) is 5. The molecule has 0 aromatic rings. The van der Waals surface area contributed by atoms with Crippen molar-refractivity contribution in [3.05, 3.63) is 76.7 Å². The summed E-state index contributed by atoms with van der Waals surface area (Å²) < 4.78 is 28.3. The smallest absolute Gasteiger partial charge is 0.0984 e. The summed E-state index contributed by atoms with van der Waals surface area (Å²) in [4.78, 5) is 0. The number of hydrogen-bond donors (Lipinski definition) is 0. The van der Waals surface area contributed by atoms with E-state index in [9.17, 15) is 0 Å². The van der Waals surface area contributed by atoms with Crippen LogP contribution in [0.5, 0.6) is 0 Å². The molecule has 0 bridgehead atoms. The van der Waals surface area contributed by atoms with Gasteiger partial charge in [-0.3, -0.25) is 0 Å². The largest absolute Gasteiger partial charge is 0.501 e. The second-order valence-corrected chi connectivity index (χ2v) is 7.06. The Labute approximate surface area is 177 Å². The Morgan fingerprint density at radius 3 is 1.03 bits per heavy atom. The Balaban J connectivity index is 5.34. The molecule has 0 spiro atoms. The standard InChI is InChI=1S/C24H38O5/c1-7-13-15-23(17-25-9-3,18-26-10-4)21-29-22-24(16-14-8-2,19-27-11-5)20-28-12-6/h7-12H,1-6,13-22H2. The van der Waals surface area contributed by atoms with Crippen LogP contribution in [0.1, 0.15) is 25.7 Å². The molecule has 0 fully saturated rings. The molecule has 0 atom stereocenters. The molecule has 0 radical (unpaired) electrons. The zero-order valence-corrected chi connectivity index (χ0v) is 17.8. The molecule has 0 amide bonds. The van der Waals surface area contributed by atoms with Crippen LogP contribution < -0.4 is 0 Å². The minimum absolute atomic E-state index is 0.362. The highest BCUT2D eigenvalue weighted by Gasteiger charge is 2.36. The van der Waals surface area contributed by atoms with Gasteiger partial charge in [-0.05, 0) is 25.7 Å². The molecule has 0 aliphatic heterocycles. The Morgan fingerprint density at radius 1 is 0.483 bits per heavy atom. The van der Waals surface area contributed by atoms with Crippen molar-refractivity contribution in [2.75, 3.05) is 39.6 Å². The molecule has 0 heterocycles. The SMILES string of the molecule is C=CCCC(COC=C)(COC=C)COCC(CCC=C)(COC=C)COC=C. The maximum atomic E-state index is 6.22. The van der Waals surface area contributed by atoms with Crippen LogP contribution in [0.3, 0.4) is 0 Å². The first kappa shape index (κ1) is 26.6. The summed E-state index contributed by atoms with van der Waals surface area (Å²) in [6, 6.07) is 0. The topological polar surface area (TPSA) is 46.2 Å². The second-order valence-electron chi connectivity index (χ2n) is 7.06. The second kappa shape index (κ2) is 16.5. The van der Waals surface area contributed by atoms with Crippen molar-refractivity contribution < 1.29 is 23.7 Å². The highest BCUT2D eigenvalue weighted by Crippen LogP contribution is 2.31. The number of ether oxygens (including phenoxy) is 5. The van der Waals surface area contributed by atoms with Crippen LogP contribution in [-0.2, 0) is 23.7 Å². The summed E-state index contributed by atoms with van der Waals surface area (Å²) >= 11 is 0. The van der Waals surface area contributed by atoms with Crippen molar-refractivity contribution in [3.63, 3.8) is 0 Å². The van der Waals surface area contributed by atoms with Crippen LogP contribution in [0.25, 0.3) is 0 Å². The average Bonchev–Trinajstić information content (AvgIpc) is 2.75. The first-order valence-electron chi connectivity index (χ1n) is 9.77. The van der Waals surface area contributed by atoms with Gasteiger partial charge in [0.15, 0.2) is 0 Å². The minimum Gasteiger partial charge on any atom is -0.501 e. The lowest BCUT2D eigenvalue weighted by Crippen LogP contribution is -2.41. The van der Waals surface area contributed by atoms with Crippen molar-refractivity contribution in [3.8, 4) is 0 Å². The highest BCUT2D eigenvalue weighted by atomic mass is 16.5. The molecule has 0 aliphatic rings. The summed E-state index contributed by atoms with van der Waals surface area (Å²) in [6.45, 7) is 24.7.